The molecule has 0 fully saturated rings. The van der Waals surface area contributed by atoms with Crippen LogP contribution in [0.15, 0.2) is 54.6 Å². The van der Waals surface area contributed by atoms with E-state index in [1.54, 1.807) is 36.4 Å². The van der Waals surface area contributed by atoms with E-state index in [0.29, 0.717) is 16.8 Å². The first-order valence-electron chi connectivity index (χ1n) is 7.22. The van der Waals surface area contributed by atoms with Gasteiger partial charge in [0, 0.05) is 0 Å². The summed E-state index contributed by atoms with van der Waals surface area (Å²) in [6, 6.07) is 16.1. The molecule has 3 aromatic rings. The summed E-state index contributed by atoms with van der Waals surface area (Å²) in [5.74, 6) is 0.307. The summed E-state index contributed by atoms with van der Waals surface area (Å²) < 4.78 is 11.4. The number of carbonyl (C=O) groups is 2. The van der Waals surface area contributed by atoms with Gasteiger partial charge >= 0.3 is 6.09 Å². The molecular formula is C17H15N3O4. The van der Waals surface area contributed by atoms with Crippen molar-refractivity contribution in [3.8, 4) is 5.75 Å². The van der Waals surface area contributed by atoms with Crippen LogP contribution in [-0.4, -0.2) is 35.3 Å². The van der Waals surface area contributed by atoms with Crippen molar-refractivity contribution in [2.75, 3.05) is 19.0 Å². The quantitative estimate of drug-likeness (QED) is 0.797. The number of methoxy groups -OCH3 is 1. The second-order valence-electron chi connectivity index (χ2n) is 4.87. The molecule has 1 amide bonds. The molecule has 0 unspecified atom stereocenters. The predicted octanol–water partition coefficient (Wildman–Crippen LogP) is 2.93. The largest absolute Gasteiger partial charge is 0.484 e. The molecule has 0 spiro atoms. The first kappa shape index (κ1) is 15.5. The molecule has 24 heavy (non-hydrogen) atoms. The van der Waals surface area contributed by atoms with Crippen molar-refractivity contribution in [1.29, 1.82) is 0 Å². The summed E-state index contributed by atoms with van der Waals surface area (Å²) in [5.41, 5.74) is 1.16. The first-order chi connectivity index (χ1) is 11.7. The predicted molar refractivity (Wildman–Crippen MR) is 88.3 cm³/mol. The van der Waals surface area contributed by atoms with Crippen molar-refractivity contribution >= 4 is 29.0 Å². The maximum absolute atomic E-state index is 12.6. The molecule has 2 aromatic carbocycles. The molecule has 1 aromatic heterocycles. The minimum atomic E-state index is -0.705. The third kappa shape index (κ3) is 3.19. The Morgan fingerprint density at radius 1 is 1.08 bits per heavy atom. The number of anilines is 1. The third-order valence-electron chi connectivity index (χ3n) is 3.31. The smallest absolute Gasteiger partial charge is 0.413 e. The standard InChI is InChI=1S/C17H15N3O4/c1-23-17(22)19-16-18-13-9-5-6-10-14(13)20(16)15(21)11-24-12-7-3-2-4-8-12/h2-10H,11H2,1H3,(H,18,19,22). The fraction of sp³-hybridized carbons (Fsp3) is 0.118. The third-order valence-corrected chi connectivity index (χ3v) is 3.31. The topological polar surface area (TPSA) is 82.5 Å². The molecule has 3 rings (SSSR count). The van der Waals surface area contributed by atoms with Gasteiger partial charge in [0.25, 0.3) is 5.91 Å². The zero-order valence-corrected chi connectivity index (χ0v) is 12.9. The molecular weight excluding hydrogens is 310 g/mol. The first-order valence-corrected chi connectivity index (χ1v) is 7.22. The second-order valence-corrected chi connectivity index (χ2v) is 4.87. The molecule has 0 aliphatic rings. The minimum absolute atomic E-state index is 0.0877. The van der Waals surface area contributed by atoms with Crippen LogP contribution in [-0.2, 0) is 4.74 Å². The molecule has 0 bridgehead atoms. The maximum Gasteiger partial charge on any atom is 0.413 e. The van der Waals surface area contributed by atoms with Gasteiger partial charge in [-0.3, -0.25) is 10.1 Å². The van der Waals surface area contributed by atoms with Crippen LogP contribution in [0.25, 0.3) is 11.0 Å². The fourth-order valence-corrected chi connectivity index (χ4v) is 2.23. The molecule has 0 aliphatic heterocycles. The van der Waals surface area contributed by atoms with Gasteiger partial charge in [0.2, 0.25) is 5.95 Å². The van der Waals surface area contributed by atoms with Crippen LogP contribution in [0.3, 0.4) is 0 Å². The lowest BCUT2D eigenvalue weighted by Gasteiger charge is -2.09. The summed E-state index contributed by atoms with van der Waals surface area (Å²) in [6.45, 7) is -0.194. The zero-order valence-electron chi connectivity index (χ0n) is 12.9. The summed E-state index contributed by atoms with van der Waals surface area (Å²) >= 11 is 0. The van der Waals surface area contributed by atoms with E-state index in [0.717, 1.165) is 0 Å². The Balaban J connectivity index is 1.89. The van der Waals surface area contributed by atoms with Gasteiger partial charge in [0.05, 0.1) is 18.1 Å². The Morgan fingerprint density at radius 3 is 2.54 bits per heavy atom. The Labute approximate surface area is 137 Å². The van der Waals surface area contributed by atoms with E-state index in [4.69, 9.17) is 4.74 Å². The van der Waals surface area contributed by atoms with Crippen LogP contribution in [0.2, 0.25) is 0 Å². The molecule has 0 saturated carbocycles. The molecule has 122 valence electrons. The van der Waals surface area contributed by atoms with Crippen LogP contribution < -0.4 is 10.1 Å². The lowest BCUT2D eigenvalue weighted by molar-refractivity contribution is 0.0845. The van der Waals surface area contributed by atoms with Gasteiger partial charge in [-0.2, -0.15) is 0 Å². The number of carbonyl (C=O) groups excluding carboxylic acids is 2. The van der Waals surface area contributed by atoms with E-state index < -0.39 is 6.09 Å². The number of nitrogens with zero attached hydrogens (tertiary/aromatic N) is 2. The average Bonchev–Trinajstić information content (AvgIpc) is 2.98. The molecule has 7 nitrogen and oxygen atoms in total. The number of amides is 1. The van der Waals surface area contributed by atoms with Gasteiger partial charge in [-0.1, -0.05) is 30.3 Å². The number of benzene rings is 2. The fourth-order valence-electron chi connectivity index (χ4n) is 2.23. The van der Waals surface area contributed by atoms with E-state index in [1.807, 2.05) is 18.2 Å². The van der Waals surface area contributed by atoms with Crippen LogP contribution in [0.4, 0.5) is 10.7 Å². The number of hydrogen-bond acceptors (Lipinski definition) is 5. The number of aromatic nitrogens is 2. The van der Waals surface area contributed by atoms with Crippen molar-refractivity contribution in [2.45, 2.75) is 0 Å². The zero-order chi connectivity index (χ0) is 16.9. The van der Waals surface area contributed by atoms with E-state index in [9.17, 15) is 9.59 Å². The molecule has 0 saturated heterocycles. The summed E-state index contributed by atoms with van der Waals surface area (Å²) in [4.78, 5) is 28.3. The van der Waals surface area contributed by atoms with E-state index in [-0.39, 0.29) is 18.5 Å². The highest BCUT2D eigenvalue weighted by Crippen LogP contribution is 2.20. The molecule has 1 N–H and O–H groups in total. The number of para-hydroxylation sites is 3. The van der Waals surface area contributed by atoms with Crippen LogP contribution in [0.5, 0.6) is 5.75 Å². The Kier molecular flexibility index (Phi) is 4.42. The number of rotatable bonds is 4. The lowest BCUT2D eigenvalue weighted by atomic mass is 10.3. The molecule has 0 radical (unpaired) electrons. The number of ether oxygens (including phenoxy) is 2. The van der Waals surface area contributed by atoms with Crippen molar-refractivity contribution < 1.29 is 19.1 Å². The highest BCUT2D eigenvalue weighted by Gasteiger charge is 2.19. The summed E-state index contributed by atoms with van der Waals surface area (Å²) in [6.07, 6.45) is -0.705. The van der Waals surface area contributed by atoms with Crippen molar-refractivity contribution in [3.63, 3.8) is 0 Å². The van der Waals surface area contributed by atoms with Crippen molar-refractivity contribution in [1.82, 2.24) is 9.55 Å². The van der Waals surface area contributed by atoms with Gasteiger partial charge in [-0.05, 0) is 24.3 Å². The molecule has 0 atom stereocenters. The highest BCUT2D eigenvalue weighted by atomic mass is 16.5. The number of nitrogens with one attached hydrogen (secondary N) is 1. The Morgan fingerprint density at radius 2 is 1.79 bits per heavy atom. The molecule has 7 heteroatoms. The number of imidazole rings is 1. The molecule has 0 aliphatic carbocycles. The van der Waals surface area contributed by atoms with Crippen LogP contribution in [0.1, 0.15) is 4.79 Å². The minimum Gasteiger partial charge on any atom is -0.484 e. The maximum atomic E-state index is 12.6. The average molecular weight is 325 g/mol. The normalized spacial score (nSPS) is 10.4. The summed E-state index contributed by atoms with van der Waals surface area (Å²) in [5, 5.41) is 2.44. The van der Waals surface area contributed by atoms with Gasteiger partial charge in [0.1, 0.15) is 5.75 Å². The Hall–Kier alpha value is -3.35. The monoisotopic (exact) mass is 325 g/mol. The van der Waals surface area contributed by atoms with Crippen molar-refractivity contribution in [2.24, 2.45) is 0 Å². The lowest BCUT2D eigenvalue weighted by Crippen LogP contribution is -2.23. The van der Waals surface area contributed by atoms with E-state index >= 15 is 0 Å². The van der Waals surface area contributed by atoms with Crippen molar-refractivity contribution in [3.05, 3.63) is 54.6 Å². The van der Waals surface area contributed by atoms with Gasteiger partial charge < -0.3 is 9.47 Å². The van der Waals surface area contributed by atoms with Gasteiger partial charge in [-0.15, -0.1) is 0 Å². The SMILES string of the molecule is COC(=O)Nc1nc2ccccc2n1C(=O)COc1ccccc1. The summed E-state index contributed by atoms with van der Waals surface area (Å²) in [7, 11) is 1.24. The van der Waals surface area contributed by atoms with Crippen LogP contribution in [0, 0.1) is 0 Å². The highest BCUT2D eigenvalue weighted by molar-refractivity contribution is 5.97. The molecule has 1 heterocycles. The van der Waals surface area contributed by atoms with E-state index in [2.05, 4.69) is 15.0 Å². The Bertz CT molecular complexity index is 874. The van der Waals surface area contributed by atoms with Crippen LogP contribution >= 0.6 is 0 Å². The number of fused-ring (bicyclic) bond motifs is 1. The second kappa shape index (κ2) is 6.82. The van der Waals surface area contributed by atoms with Gasteiger partial charge in [-0.25, -0.2) is 14.3 Å². The van der Waals surface area contributed by atoms with Gasteiger partial charge in [0.15, 0.2) is 6.61 Å². The number of hydrogen-bond donors (Lipinski definition) is 1. The van der Waals surface area contributed by atoms with E-state index in [1.165, 1.54) is 11.7 Å².